The molecular formula is C13H10ClN5. The van der Waals surface area contributed by atoms with Crippen LogP contribution in [0.2, 0.25) is 5.02 Å². The number of aromatic nitrogens is 5. The molecule has 0 atom stereocenters. The zero-order chi connectivity index (χ0) is 13.0. The Balaban J connectivity index is 2.17. The summed E-state index contributed by atoms with van der Waals surface area (Å²) < 4.78 is 3.92. The summed E-state index contributed by atoms with van der Waals surface area (Å²) in [4.78, 5) is 8.73. The Morgan fingerprint density at radius 2 is 2.16 bits per heavy atom. The number of halogens is 1. The molecule has 6 heteroatoms. The Morgan fingerprint density at radius 3 is 3.05 bits per heavy atom. The minimum atomic E-state index is 0.645. The van der Waals surface area contributed by atoms with Gasteiger partial charge in [-0.3, -0.25) is 0 Å². The van der Waals surface area contributed by atoms with E-state index >= 15 is 0 Å². The van der Waals surface area contributed by atoms with Crippen LogP contribution in [-0.4, -0.2) is 24.3 Å². The van der Waals surface area contributed by atoms with E-state index in [0.717, 1.165) is 28.5 Å². The smallest absolute Gasteiger partial charge is 0.162 e. The van der Waals surface area contributed by atoms with Crippen LogP contribution >= 0.6 is 11.6 Å². The van der Waals surface area contributed by atoms with E-state index < -0.39 is 0 Å². The molecule has 94 valence electrons. The molecule has 3 aromatic rings. The average molecular weight is 272 g/mol. The highest BCUT2D eigenvalue weighted by molar-refractivity contribution is 6.33. The quantitative estimate of drug-likeness (QED) is 0.494. The largest absolute Gasteiger partial charge is 0.300 e. The van der Waals surface area contributed by atoms with Crippen LogP contribution in [0.3, 0.4) is 0 Å². The normalized spacial score (nSPS) is 12.5. The second-order valence-electron chi connectivity index (χ2n) is 4.52. The van der Waals surface area contributed by atoms with Gasteiger partial charge in [0.2, 0.25) is 0 Å². The van der Waals surface area contributed by atoms with Gasteiger partial charge in [0.1, 0.15) is 6.33 Å². The molecule has 4 rings (SSSR count). The lowest BCUT2D eigenvalue weighted by atomic mass is 10.1. The molecule has 2 aromatic heterocycles. The molecule has 0 saturated carbocycles. The van der Waals surface area contributed by atoms with Crippen molar-refractivity contribution in [1.82, 2.24) is 24.3 Å². The maximum atomic E-state index is 6.36. The first-order chi connectivity index (χ1) is 9.25. The van der Waals surface area contributed by atoms with Crippen LogP contribution in [0, 0.1) is 6.92 Å². The molecule has 0 bridgehead atoms. The van der Waals surface area contributed by atoms with Gasteiger partial charge in [-0.25, -0.2) is 14.6 Å². The van der Waals surface area contributed by atoms with E-state index in [2.05, 4.69) is 19.6 Å². The number of benzene rings is 1. The first-order valence-electron chi connectivity index (χ1n) is 5.95. The summed E-state index contributed by atoms with van der Waals surface area (Å²) in [5.41, 5.74) is 4.00. The maximum absolute atomic E-state index is 6.36. The van der Waals surface area contributed by atoms with Crippen molar-refractivity contribution in [2.75, 3.05) is 0 Å². The molecule has 0 fully saturated rings. The fourth-order valence-corrected chi connectivity index (χ4v) is 2.77. The topological polar surface area (TPSA) is 48.5 Å². The van der Waals surface area contributed by atoms with Crippen LogP contribution in [0.15, 0.2) is 30.9 Å². The van der Waals surface area contributed by atoms with E-state index in [4.69, 9.17) is 11.6 Å². The van der Waals surface area contributed by atoms with E-state index in [1.807, 2.05) is 36.1 Å². The van der Waals surface area contributed by atoms with E-state index in [-0.39, 0.29) is 0 Å². The third kappa shape index (κ3) is 1.39. The number of imidazole rings is 1. The second-order valence-corrected chi connectivity index (χ2v) is 4.93. The van der Waals surface area contributed by atoms with Gasteiger partial charge in [-0.1, -0.05) is 17.7 Å². The first-order valence-corrected chi connectivity index (χ1v) is 6.33. The molecule has 5 nitrogen and oxygen atoms in total. The van der Waals surface area contributed by atoms with Crippen molar-refractivity contribution in [2.45, 2.75) is 13.5 Å². The number of aryl methyl sites for hydroxylation is 1. The molecule has 0 radical (unpaired) electrons. The average Bonchev–Trinajstić information content (AvgIpc) is 2.96. The van der Waals surface area contributed by atoms with Crippen molar-refractivity contribution < 1.29 is 0 Å². The number of hydrogen-bond acceptors (Lipinski definition) is 3. The van der Waals surface area contributed by atoms with E-state index in [1.54, 1.807) is 6.33 Å². The van der Waals surface area contributed by atoms with Gasteiger partial charge >= 0.3 is 0 Å². The van der Waals surface area contributed by atoms with Crippen LogP contribution in [0.5, 0.6) is 0 Å². The predicted molar refractivity (Wildman–Crippen MR) is 71.4 cm³/mol. The molecule has 0 unspecified atom stereocenters. The van der Waals surface area contributed by atoms with Gasteiger partial charge in [0.15, 0.2) is 5.82 Å². The summed E-state index contributed by atoms with van der Waals surface area (Å²) in [5, 5.41) is 4.95. The summed E-state index contributed by atoms with van der Waals surface area (Å²) in [5.74, 6) is 0.795. The molecule has 1 aliphatic heterocycles. The molecule has 0 amide bonds. The van der Waals surface area contributed by atoms with Crippen molar-refractivity contribution >= 4 is 11.6 Å². The van der Waals surface area contributed by atoms with E-state index in [9.17, 15) is 0 Å². The molecular weight excluding hydrogens is 262 g/mol. The Hall–Kier alpha value is -2.14. The number of hydrogen-bond donors (Lipinski definition) is 0. The lowest BCUT2D eigenvalue weighted by Gasteiger charge is -2.09. The van der Waals surface area contributed by atoms with Crippen molar-refractivity contribution in [1.29, 1.82) is 0 Å². The van der Waals surface area contributed by atoms with Crippen LogP contribution in [0.1, 0.15) is 11.4 Å². The van der Waals surface area contributed by atoms with Crippen LogP contribution in [-0.2, 0) is 6.54 Å². The first kappa shape index (κ1) is 10.8. The lowest BCUT2D eigenvalue weighted by Crippen LogP contribution is -2.05. The summed E-state index contributed by atoms with van der Waals surface area (Å²) in [6.45, 7) is 2.64. The van der Waals surface area contributed by atoms with Gasteiger partial charge in [-0.2, -0.15) is 5.10 Å². The lowest BCUT2D eigenvalue weighted by molar-refractivity contribution is 0.674. The highest BCUT2D eigenvalue weighted by Gasteiger charge is 2.23. The summed E-state index contributed by atoms with van der Waals surface area (Å²) in [6, 6.07) is 5.83. The van der Waals surface area contributed by atoms with Crippen molar-refractivity contribution in [3.05, 3.63) is 47.3 Å². The molecule has 1 aliphatic rings. The monoisotopic (exact) mass is 271 g/mol. The minimum Gasteiger partial charge on any atom is -0.300 e. The Bertz CT molecular complexity index is 786. The van der Waals surface area contributed by atoms with Gasteiger partial charge in [-0.05, 0) is 19.1 Å². The standard InChI is InChI=1S/C13H10ClN5/c1-8-11-5-19-13(15-6-17-19)12-9(14)3-2-4-10(12)18(11)7-16-8/h2-4,6-7H,5H2,1H3. The third-order valence-corrected chi connectivity index (χ3v) is 3.78. The molecule has 0 spiro atoms. The van der Waals surface area contributed by atoms with Gasteiger partial charge in [0, 0.05) is 0 Å². The highest BCUT2D eigenvalue weighted by atomic mass is 35.5. The summed E-state index contributed by atoms with van der Waals surface area (Å²) in [6.07, 6.45) is 3.38. The van der Waals surface area contributed by atoms with Gasteiger partial charge < -0.3 is 4.57 Å². The highest BCUT2D eigenvalue weighted by Crippen LogP contribution is 2.35. The molecule has 0 aliphatic carbocycles. The number of rotatable bonds is 0. The van der Waals surface area contributed by atoms with E-state index in [1.165, 1.54) is 0 Å². The fourth-order valence-electron chi connectivity index (χ4n) is 2.51. The molecule has 3 heterocycles. The summed E-state index contributed by atoms with van der Waals surface area (Å²) in [7, 11) is 0. The zero-order valence-corrected chi connectivity index (χ0v) is 11.0. The number of nitrogens with zero attached hydrogens (tertiary/aromatic N) is 5. The molecule has 1 aromatic carbocycles. The Morgan fingerprint density at radius 1 is 1.26 bits per heavy atom. The summed E-state index contributed by atoms with van der Waals surface area (Å²) >= 11 is 6.36. The van der Waals surface area contributed by atoms with E-state index in [0.29, 0.717) is 11.6 Å². The number of fused-ring (bicyclic) bond motifs is 5. The van der Waals surface area contributed by atoms with Gasteiger partial charge in [0.05, 0.1) is 40.5 Å². The zero-order valence-electron chi connectivity index (χ0n) is 10.2. The van der Waals surface area contributed by atoms with Gasteiger partial charge in [0.25, 0.3) is 0 Å². The molecule has 0 N–H and O–H groups in total. The van der Waals surface area contributed by atoms with Crippen LogP contribution in [0.25, 0.3) is 17.1 Å². The van der Waals surface area contributed by atoms with Crippen molar-refractivity contribution in [3.63, 3.8) is 0 Å². The van der Waals surface area contributed by atoms with Crippen LogP contribution in [0.4, 0.5) is 0 Å². The second kappa shape index (κ2) is 3.68. The molecule has 19 heavy (non-hydrogen) atoms. The SMILES string of the molecule is Cc1ncn2c1Cn1ncnc1-c1c(Cl)cccc1-2. The van der Waals surface area contributed by atoms with Crippen molar-refractivity contribution in [3.8, 4) is 17.1 Å². The maximum Gasteiger partial charge on any atom is 0.162 e. The van der Waals surface area contributed by atoms with Crippen molar-refractivity contribution in [2.24, 2.45) is 0 Å². The predicted octanol–water partition coefficient (Wildman–Crippen LogP) is 2.45. The minimum absolute atomic E-state index is 0.645. The Kier molecular flexibility index (Phi) is 2.08. The third-order valence-electron chi connectivity index (χ3n) is 3.47. The van der Waals surface area contributed by atoms with Gasteiger partial charge in [-0.15, -0.1) is 0 Å². The van der Waals surface area contributed by atoms with Crippen LogP contribution < -0.4 is 0 Å². The fraction of sp³-hybridized carbons (Fsp3) is 0.154. The Labute approximate surface area is 114 Å². The molecule has 0 saturated heterocycles.